The first-order valence-electron chi connectivity index (χ1n) is 5.93. The molecule has 100 valence electrons. The van der Waals surface area contributed by atoms with E-state index in [0.29, 0.717) is 0 Å². The standard InChI is InChI=1S/C15H10Br2N2O/c16-11-3-5-13-9(7-11)1-2-10-8-12(17)4-6-14(10)19(13)15(18)20/h1-8H,(H2,18,20). The van der Waals surface area contributed by atoms with E-state index in [1.807, 2.05) is 48.6 Å². The lowest BCUT2D eigenvalue weighted by atomic mass is 10.1. The maximum Gasteiger partial charge on any atom is 0.323 e. The number of halogens is 2. The van der Waals surface area contributed by atoms with Crippen molar-refractivity contribution in [2.24, 2.45) is 5.73 Å². The maximum atomic E-state index is 11.9. The van der Waals surface area contributed by atoms with Crippen LogP contribution in [0.15, 0.2) is 45.3 Å². The van der Waals surface area contributed by atoms with Crippen LogP contribution in [-0.2, 0) is 0 Å². The van der Waals surface area contributed by atoms with Crippen molar-refractivity contribution in [3.05, 3.63) is 56.5 Å². The Bertz CT molecular complexity index is 685. The second-order valence-corrected chi connectivity index (χ2v) is 6.24. The summed E-state index contributed by atoms with van der Waals surface area (Å²) in [5, 5.41) is 0. The number of rotatable bonds is 0. The first-order valence-corrected chi connectivity index (χ1v) is 7.51. The number of nitrogens with two attached hydrogens (primary N) is 1. The van der Waals surface area contributed by atoms with Gasteiger partial charge in [-0.25, -0.2) is 4.79 Å². The molecule has 0 spiro atoms. The van der Waals surface area contributed by atoms with E-state index in [4.69, 9.17) is 5.73 Å². The highest BCUT2D eigenvalue weighted by Crippen LogP contribution is 2.38. The van der Waals surface area contributed by atoms with Crippen molar-refractivity contribution >= 4 is 61.4 Å². The molecule has 0 unspecified atom stereocenters. The topological polar surface area (TPSA) is 46.3 Å². The van der Waals surface area contributed by atoms with Gasteiger partial charge >= 0.3 is 6.03 Å². The maximum absolute atomic E-state index is 11.9. The quantitative estimate of drug-likeness (QED) is 0.678. The van der Waals surface area contributed by atoms with Gasteiger partial charge in [-0.3, -0.25) is 4.90 Å². The van der Waals surface area contributed by atoms with E-state index in [-0.39, 0.29) is 0 Å². The van der Waals surface area contributed by atoms with Gasteiger partial charge in [-0.15, -0.1) is 0 Å². The molecule has 0 radical (unpaired) electrons. The predicted molar refractivity (Wildman–Crippen MR) is 88.9 cm³/mol. The first kappa shape index (κ1) is 13.4. The Kier molecular flexibility index (Phi) is 3.40. The zero-order chi connectivity index (χ0) is 14.3. The minimum atomic E-state index is -0.499. The highest BCUT2D eigenvalue weighted by molar-refractivity contribution is 9.10. The number of hydrogen-bond donors (Lipinski definition) is 1. The molecule has 1 aliphatic rings. The second-order valence-electron chi connectivity index (χ2n) is 4.41. The molecule has 2 amide bonds. The molecule has 5 heteroatoms. The zero-order valence-corrected chi connectivity index (χ0v) is 13.5. The first-order chi connectivity index (χ1) is 9.56. The molecule has 20 heavy (non-hydrogen) atoms. The van der Waals surface area contributed by atoms with Crippen LogP contribution in [0.1, 0.15) is 11.1 Å². The van der Waals surface area contributed by atoms with Crippen LogP contribution in [0.3, 0.4) is 0 Å². The van der Waals surface area contributed by atoms with Crippen LogP contribution in [0.25, 0.3) is 12.2 Å². The van der Waals surface area contributed by atoms with Gasteiger partial charge in [-0.2, -0.15) is 0 Å². The lowest BCUT2D eigenvalue weighted by molar-refractivity contribution is 0.256. The fraction of sp³-hybridized carbons (Fsp3) is 0. The van der Waals surface area contributed by atoms with Gasteiger partial charge in [-0.05, 0) is 47.5 Å². The number of primary amides is 1. The van der Waals surface area contributed by atoms with Crippen LogP contribution in [0.2, 0.25) is 0 Å². The molecule has 0 bridgehead atoms. The van der Waals surface area contributed by atoms with Crippen LogP contribution in [-0.4, -0.2) is 6.03 Å². The summed E-state index contributed by atoms with van der Waals surface area (Å²) in [5.74, 6) is 0. The van der Waals surface area contributed by atoms with Gasteiger partial charge < -0.3 is 5.73 Å². The van der Waals surface area contributed by atoms with E-state index in [1.165, 1.54) is 4.90 Å². The monoisotopic (exact) mass is 392 g/mol. The number of fused-ring (bicyclic) bond motifs is 2. The fourth-order valence-electron chi connectivity index (χ4n) is 2.27. The summed E-state index contributed by atoms with van der Waals surface area (Å²) < 4.78 is 1.91. The molecule has 0 saturated carbocycles. The van der Waals surface area contributed by atoms with Crippen LogP contribution >= 0.6 is 31.9 Å². The second kappa shape index (κ2) is 5.07. The smallest absolute Gasteiger partial charge is 0.323 e. The van der Waals surface area contributed by atoms with E-state index in [1.54, 1.807) is 0 Å². The lowest BCUT2D eigenvalue weighted by Gasteiger charge is -2.23. The molecule has 0 atom stereocenters. The number of amides is 2. The molecule has 0 aromatic heterocycles. The summed E-state index contributed by atoms with van der Waals surface area (Å²) in [6.07, 6.45) is 3.96. The summed E-state index contributed by atoms with van der Waals surface area (Å²) in [4.78, 5) is 13.4. The minimum Gasteiger partial charge on any atom is -0.351 e. The van der Waals surface area contributed by atoms with Crippen molar-refractivity contribution in [3.8, 4) is 0 Å². The summed E-state index contributed by atoms with van der Waals surface area (Å²) in [7, 11) is 0. The molecule has 1 heterocycles. The van der Waals surface area contributed by atoms with E-state index in [2.05, 4.69) is 31.9 Å². The molecular formula is C15H10Br2N2O. The number of hydrogen-bond acceptors (Lipinski definition) is 1. The van der Waals surface area contributed by atoms with Gasteiger partial charge in [0.1, 0.15) is 0 Å². The van der Waals surface area contributed by atoms with E-state index >= 15 is 0 Å². The number of benzene rings is 2. The Morgan fingerprint density at radius 1 is 0.900 bits per heavy atom. The van der Waals surface area contributed by atoms with Gasteiger partial charge in [0.15, 0.2) is 0 Å². The van der Waals surface area contributed by atoms with Crippen LogP contribution in [0.5, 0.6) is 0 Å². The predicted octanol–water partition coefficient (Wildman–Crippen LogP) is 4.91. The number of carbonyl (C=O) groups excluding carboxylic acids is 1. The van der Waals surface area contributed by atoms with Gasteiger partial charge in [0, 0.05) is 8.95 Å². The van der Waals surface area contributed by atoms with Crippen molar-refractivity contribution < 1.29 is 4.79 Å². The molecular weight excluding hydrogens is 384 g/mol. The Balaban J connectivity index is 2.30. The molecule has 2 aromatic carbocycles. The van der Waals surface area contributed by atoms with Crippen molar-refractivity contribution in [3.63, 3.8) is 0 Å². The fourth-order valence-corrected chi connectivity index (χ4v) is 3.03. The lowest BCUT2D eigenvalue weighted by Crippen LogP contribution is -2.32. The SMILES string of the molecule is NC(=O)N1c2ccc(Br)cc2C=Cc2cc(Br)ccc21. The molecule has 1 aliphatic heterocycles. The average Bonchev–Trinajstić information content (AvgIpc) is 2.55. The molecule has 2 N–H and O–H groups in total. The molecule has 2 aromatic rings. The highest BCUT2D eigenvalue weighted by Gasteiger charge is 2.22. The minimum absolute atomic E-state index is 0.499. The van der Waals surface area contributed by atoms with Crippen molar-refractivity contribution in [1.29, 1.82) is 0 Å². The average molecular weight is 394 g/mol. The van der Waals surface area contributed by atoms with E-state index in [9.17, 15) is 4.79 Å². The molecule has 3 rings (SSSR count). The largest absolute Gasteiger partial charge is 0.351 e. The Labute approximate surface area is 133 Å². The molecule has 0 saturated heterocycles. The molecule has 3 nitrogen and oxygen atoms in total. The van der Waals surface area contributed by atoms with Crippen molar-refractivity contribution in [2.75, 3.05) is 4.90 Å². The molecule has 0 aliphatic carbocycles. The van der Waals surface area contributed by atoms with Gasteiger partial charge in [0.2, 0.25) is 0 Å². The summed E-state index contributed by atoms with van der Waals surface area (Å²) in [6.45, 7) is 0. The van der Waals surface area contributed by atoms with Crippen molar-refractivity contribution in [1.82, 2.24) is 0 Å². The van der Waals surface area contributed by atoms with Crippen LogP contribution in [0, 0.1) is 0 Å². The normalized spacial score (nSPS) is 12.6. The zero-order valence-electron chi connectivity index (χ0n) is 10.3. The van der Waals surface area contributed by atoms with Crippen LogP contribution < -0.4 is 10.6 Å². The van der Waals surface area contributed by atoms with Gasteiger partial charge in [-0.1, -0.05) is 44.0 Å². The van der Waals surface area contributed by atoms with E-state index < -0.39 is 6.03 Å². The Hall–Kier alpha value is -1.59. The third-order valence-electron chi connectivity index (χ3n) is 3.12. The van der Waals surface area contributed by atoms with E-state index in [0.717, 1.165) is 31.4 Å². The molecule has 0 fully saturated rings. The Morgan fingerprint density at radius 3 is 1.75 bits per heavy atom. The van der Waals surface area contributed by atoms with Crippen LogP contribution in [0.4, 0.5) is 16.2 Å². The summed E-state index contributed by atoms with van der Waals surface area (Å²) in [5.41, 5.74) is 9.00. The number of carbonyl (C=O) groups is 1. The number of urea groups is 1. The van der Waals surface area contributed by atoms with Gasteiger partial charge in [0.05, 0.1) is 11.4 Å². The number of anilines is 2. The van der Waals surface area contributed by atoms with Crippen molar-refractivity contribution in [2.45, 2.75) is 0 Å². The summed E-state index contributed by atoms with van der Waals surface area (Å²) >= 11 is 6.89. The Morgan fingerprint density at radius 2 is 1.35 bits per heavy atom. The highest BCUT2D eigenvalue weighted by atomic mass is 79.9. The number of nitrogens with zero attached hydrogens (tertiary/aromatic N) is 1. The third kappa shape index (κ3) is 2.27. The summed E-state index contributed by atoms with van der Waals surface area (Å²) in [6, 6.07) is 11.0. The van der Waals surface area contributed by atoms with Gasteiger partial charge in [0.25, 0.3) is 0 Å². The third-order valence-corrected chi connectivity index (χ3v) is 4.11.